The van der Waals surface area contributed by atoms with Gasteiger partial charge in [0.1, 0.15) is 13.2 Å². The van der Waals surface area contributed by atoms with Crippen LogP contribution in [0.15, 0.2) is 78.9 Å². The van der Waals surface area contributed by atoms with Crippen LogP contribution in [-0.2, 0) is 19.6 Å². The lowest BCUT2D eigenvalue weighted by Crippen LogP contribution is -2.01. The zero-order chi connectivity index (χ0) is 16.9. The van der Waals surface area contributed by atoms with Gasteiger partial charge in [-0.05, 0) is 40.8 Å². The molecule has 0 amide bonds. The molecule has 4 rings (SSSR count). The van der Waals surface area contributed by atoms with Crippen LogP contribution < -0.4 is 9.47 Å². The van der Waals surface area contributed by atoms with E-state index in [4.69, 9.17) is 9.47 Å². The average Bonchev–Trinajstić information content (AvgIpc) is 3.13. The summed E-state index contributed by atoms with van der Waals surface area (Å²) in [5.41, 5.74) is 4.80. The second-order valence-corrected chi connectivity index (χ2v) is 6.15. The molecule has 0 saturated carbocycles. The Balaban J connectivity index is 1.54. The molecule has 0 bridgehead atoms. The first-order valence-electron chi connectivity index (χ1n) is 8.55. The molecule has 0 heterocycles. The first-order valence-corrected chi connectivity index (χ1v) is 8.55. The van der Waals surface area contributed by atoms with E-state index in [9.17, 15) is 0 Å². The molecule has 25 heavy (non-hydrogen) atoms. The van der Waals surface area contributed by atoms with Crippen LogP contribution in [0.4, 0.5) is 0 Å². The Morgan fingerprint density at radius 3 is 1.84 bits per heavy atom. The van der Waals surface area contributed by atoms with Crippen molar-refractivity contribution in [1.82, 2.24) is 0 Å². The molecule has 3 aromatic rings. The monoisotopic (exact) mass is 328 g/mol. The van der Waals surface area contributed by atoms with E-state index in [1.807, 2.05) is 36.4 Å². The van der Waals surface area contributed by atoms with Crippen LogP contribution in [0, 0.1) is 0 Å². The number of ether oxygens (including phenoxy) is 2. The van der Waals surface area contributed by atoms with Gasteiger partial charge in [-0.15, -0.1) is 0 Å². The summed E-state index contributed by atoms with van der Waals surface area (Å²) in [6.07, 6.45) is 5.27. The number of hydrogen-bond acceptors (Lipinski definition) is 2. The predicted octanol–water partition coefficient (Wildman–Crippen LogP) is 5.41. The molecule has 0 fully saturated rings. The fraction of sp³-hybridized carbons (Fsp3) is 0.130. The first kappa shape index (κ1) is 15.5. The van der Waals surface area contributed by atoms with Crippen LogP contribution in [0.1, 0.15) is 22.3 Å². The zero-order valence-corrected chi connectivity index (χ0v) is 14.0. The standard InChI is InChI=1S/C23H20O2/c1-3-8-18(9-4-1)16-24-22-14-20-12-7-13-21(20)15-23(22)25-17-19-10-5-2-6-11-19/h1-12,14-15H,13,16-17H2. The molecule has 0 unspecified atom stereocenters. The van der Waals surface area contributed by atoms with Crippen molar-refractivity contribution in [3.05, 3.63) is 101 Å². The minimum absolute atomic E-state index is 0.533. The Kier molecular flexibility index (Phi) is 4.51. The Hall–Kier alpha value is -3.00. The van der Waals surface area contributed by atoms with Gasteiger partial charge in [0.25, 0.3) is 0 Å². The van der Waals surface area contributed by atoms with Crippen molar-refractivity contribution in [3.63, 3.8) is 0 Å². The Morgan fingerprint density at radius 1 is 0.680 bits per heavy atom. The lowest BCUT2D eigenvalue weighted by atomic mass is 10.1. The van der Waals surface area contributed by atoms with E-state index in [0.717, 1.165) is 29.0 Å². The van der Waals surface area contributed by atoms with Gasteiger partial charge in [-0.2, -0.15) is 0 Å². The number of fused-ring (bicyclic) bond motifs is 1. The fourth-order valence-corrected chi connectivity index (χ4v) is 2.96. The molecule has 2 heteroatoms. The third-order valence-electron chi connectivity index (χ3n) is 4.32. The van der Waals surface area contributed by atoms with Gasteiger partial charge < -0.3 is 9.47 Å². The second kappa shape index (κ2) is 7.27. The molecule has 0 atom stereocenters. The Labute approximate surface area is 148 Å². The zero-order valence-electron chi connectivity index (χ0n) is 14.0. The highest BCUT2D eigenvalue weighted by Crippen LogP contribution is 2.35. The molecule has 2 nitrogen and oxygen atoms in total. The van der Waals surface area contributed by atoms with Gasteiger partial charge in [0.15, 0.2) is 11.5 Å². The van der Waals surface area contributed by atoms with Crippen LogP contribution in [0.25, 0.3) is 6.08 Å². The summed E-state index contributed by atoms with van der Waals surface area (Å²) >= 11 is 0. The molecule has 1 aliphatic carbocycles. The summed E-state index contributed by atoms with van der Waals surface area (Å²) in [6, 6.07) is 24.6. The van der Waals surface area contributed by atoms with Crippen molar-refractivity contribution >= 4 is 6.08 Å². The third-order valence-corrected chi connectivity index (χ3v) is 4.32. The number of rotatable bonds is 6. The summed E-state index contributed by atoms with van der Waals surface area (Å²) < 4.78 is 12.2. The van der Waals surface area contributed by atoms with Crippen LogP contribution in [0.3, 0.4) is 0 Å². The van der Waals surface area contributed by atoms with Gasteiger partial charge in [0.05, 0.1) is 0 Å². The molecule has 0 aromatic heterocycles. The van der Waals surface area contributed by atoms with E-state index in [-0.39, 0.29) is 0 Å². The second-order valence-electron chi connectivity index (χ2n) is 6.15. The van der Waals surface area contributed by atoms with Crippen LogP contribution in [-0.4, -0.2) is 0 Å². The van der Waals surface area contributed by atoms with Crippen LogP contribution in [0.5, 0.6) is 11.5 Å². The van der Waals surface area contributed by atoms with Crippen molar-refractivity contribution in [2.75, 3.05) is 0 Å². The number of hydrogen-bond donors (Lipinski definition) is 0. The lowest BCUT2D eigenvalue weighted by Gasteiger charge is -2.15. The van der Waals surface area contributed by atoms with Crippen molar-refractivity contribution in [1.29, 1.82) is 0 Å². The highest BCUT2D eigenvalue weighted by molar-refractivity contribution is 5.64. The van der Waals surface area contributed by atoms with Gasteiger partial charge in [-0.25, -0.2) is 0 Å². The summed E-state index contributed by atoms with van der Waals surface area (Å²) in [6.45, 7) is 1.07. The molecular weight excluding hydrogens is 308 g/mol. The molecular formula is C23H20O2. The third kappa shape index (κ3) is 3.74. The van der Waals surface area contributed by atoms with Crippen LogP contribution >= 0.6 is 0 Å². The van der Waals surface area contributed by atoms with Crippen molar-refractivity contribution < 1.29 is 9.47 Å². The highest BCUT2D eigenvalue weighted by Gasteiger charge is 2.14. The van der Waals surface area contributed by atoms with E-state index < -0.39 is 0 Å². The van der Waals surface area contributed by atoms with Gasteiger partial charge >= 0.3 is 0 Å². The summed E-state index contributed by atoms with van der Waals surface area (Å²) in [5, 5.41) is 0. The highest BCUT2D eigenvalue weighted by atomic mass is 16.5. The van der Waals surface area contributed by atoms with Gasteiger partial charge in [0, 0.05) is 0 Å². The quantitative estimate of drug-likeness (QED) is 0.602. The summed E-state index contributed by atoms with van der Waals surface area (Å²) in [7, 11) is 0. The van der Waals surface area contributed by atoms with E-state index >= 15 is 0 Å². The molecule has 0 N–H and O–H groups in total. The number of benzene rings is 3. The van der Waals surface area contributed by atoms with Crippen molar-refractivity contribution in [3.8, 4) is 11.5 Å². The molecule has 1 aliphatic rings. The maximum atomic E-state index is 6.08. The molecule has 3 aromatic carbocycles. The smallest absolute Gasteiger partial charge is 0.162 e. The topological polar surface area (TPSA) is 18.5 Å². The van der Waals surface area contributed by atoms with E-state index in [1.165, 1.54) is 11.1 Å². The minimum atomic E-state index is 0.533. The molecule has 0 spiro atoms. The van der Waals surface area contributed by atoms with E-state index in [0.29, 0.717) is 13.2 Å². The molecule has 0 radical (unpaired) electrons. The fourth-order valence-electron chi connectivity index (χ4n) is 2.96. The van der Waals surface area contributed by atoms with E-state index in [1.54, 1.807) is 0 Å². The molecule has 124 valence electrons. The van der Waals surface area contributed by atoms with Crippen molar-refractivity contribution in [2.24, 2.45) is 0 Å². The van der Waals surface area contributed by atoms with Crippen molar-refractivity contribution in [2.45, 2.75) is 19.6 Å². The van der Waals surface area contributed by atoms with E-state index in [2.05, 4.69) is 48.6 Å². The largest absolute Gasteiger partial charge is 0.485 e. The summed E-state index contributed by atoms with van der Waals surface area (Å²) in [4.78, 5) is 0. The molecule has 0 aliphatic heterocycles. The van der Waals surface area contributed by atoms with Gasteiger partial charge in [-0.1, -0.05) is 72.8 Å². The average molecular weight is 328 g/mol. The minimum Gasteiger partial charge on any atom is -0.485 e. The molecule has 0 saturated heterocycles. The number of allylic oxidation sites excluding steroid dienone is 1. The lowest BCUT2D eigenvalue weighted by molar-refractivity contribution is 0.255. The maximum Gasteiger partial charge on any atom is 0.162 e. The van der Waals surface area contributed by atoms with Crippen LogP contribution in [0.2, 0.25) is 0 Å². The Morgan fingerprint density at radius 2 is 1.24 bits per heavy atom. The predicted molar refractivity (Wildman–Crippen MR) is 101 cm³/mol. The maximum absolute atomic E-state index is 6.08. The Bertz CT molecular complexity index is 867. The van der Waals surface area contributed by atoms with Gasteiger partial charge in [0.2, 0.25) is 0 Å². The first-order chi connectivity index (χ1) is 12.4. The summed E-state index contributed by atoms with van der Waals surface area (Å²) in [5.74, 6) is 1.60. The normalized spacial score (nSPS) is 12.0. The SMILES string of the molecule is C1=Cc2cc(OCc3ccccc3)c(OCc3ccccc3)cc2C1. The van der Waals surface area contributed by atoms with Gasteiger partial charge in [-0.3, -0.25) is 0 Å².